The first-order valence-electron chi connectivity index (χ1n) is 5.22. The molecule has 2 rings (SSSR count). The Bertz CT molecular complexity index is 647. The summed E-state index contributed by atoms with van der Waals surface area (Å²) in [5.74, 6) is -0.373. The highest BCUT2D eigenvalue weighted by Crippen LogP contribution is 2.27. The van der Waals surface area contributed by atoms with Crippen molar-refractivity contribution < 1.29 is 9.90 Å². The Morgan fingerprint density at radius 1 is 1.16 bits per heavy atom. The number of hydrogen-bond donors (Lipinski definition) is 2. The molecule has 19 heavy (non-hydrogen) atoms. The van der Waals surface area contributed by atoms with Gasteiger partial charge in [0, 0.05) is 10.6 Å². The topological polar surface area (TPSA) is 49.3 Å². The average molecular weight is 361 g/mol. The summed E-state index contributed by atoms with van der Waals surface area (Å²) in [6.45, 7) is 0. The maximum Gasteiger partial charge on any atom is 0.255 e. The van der Waals surface area contributed by atoms with Crippen molar-refractivity contribution >= 4 is 50.7 Å². The summed E-state index contributed by atoms with van der Waals surface area (Å²) in [5, 5.41) is 13.0. The number of anilines is 1. The van der Waals surface area contributed by atoms with Gasteiger partial charge in [0.25, 0.3) is 5.91 Å². The van der Waals surface area contributed by atoms with E-state index in [0.29, 0.717) is 25.8 Å². The summed E-state index contributed by atoms with van der Waals surface area (Å²) in [7, 11) is 0. The molecule has 0 unspecified atom stereocenters. The van der Waals surface area contributed by atoms with Crippen molar-refractivity contribution in [2.45, 2.75) is 0 Å². The van der Waals surface area contributed by atoms with Gasteiger partial charge in [0.05, 0.1) is 15.2 Å². The van der Waals surface area contributed by atoms with E-state index in [4.69, 9.17) is 23.2 Å². The van der Waals surface area contributed by atoms with Gasteiger partial charge in [-0.3, -0.25) is 4.79 Å². The minimum Gasteiger partial charge on any atom is -0.507 e. The molecule has 1 amide bonds. The highest BCUT2D eigenvalue weighted by atomic mass is 79.9. The van der Waals surface area contributed by atoms with Crippen LogP contribution in [0, 0.1) is 0 Å². The molecule has 0 spiro atoms. The van der Waals surface area contributed by atoms with Crippen LogP contribution < -0.4 is 5.32 Å². The maximum atomic E-state index is 12.0. The van der Waals surface area contributed by atoms with E-state index in [1.165, 1.54) is 12.1 Å². The quantitative estimate of drug-likeness (QED) is 0.814. The zero-order chi connectivity index (χ0) is 14.0. The molecule has 3 nitrogen and oxygen atoms in total. The van der Waals surface area contributed by atoms with Gasteiger partial charge in [-0.1, -0.05) is 23.2 Å². The van der Waals surface area contributed by atoms with Crippen LogP contribution in [0.15, 0.2) is 40.9 Å². The molecule has 0 aromatic heterocycles. The molecule has 2 aromatic carbocycles. The molecule has 0 heterocycles. The Morgan fingerprint density at radius 2 is 1.89 bits per heavy atom. The number of phenolic OH excluding ortho intramolecular Hbond substituents is 1. The Balaban J connectivity index is 2.23. The minimum atomic E-state index is -0.368. The zero-order valence-corrected chi connectivity index (χ0v) is 12.6. The number of carbonyl (C=O) groups is 1. The lowest BCUT2D eigenvalue weighted by molar-refractivity contribution is 0.102. The molecule has 0 radical (unpaired) electrons. The highest BCUT2D eigenvalue weighted by molar-refractivity contribution is 9.10. The number of aromatic hydroxyl groups is 1. The molecule has 98 valence electrons. The summed E-state index contributed by atoms with van der Waals surface area (Å²) in [6.07, 6.45) is 0. The average Bonchev–Trinajstić information content (AvgIpc) is 2.36. The lowest BCUT2D eigenvalue weighted by Gasteiger charge is -2.08. The number of carbonyl (C=O) groups excluding carboxylic acids is 1. The third-order valence-corrected chi connectivity index (χ3v) is 3.61. The van der Waals surface area contributed by atoms with Gasteiger partial charge in [-0.25, -0.2) is 0 Å². The SMILES string of the molecule is O=C(Nc1ccc(Cl)cc1Cl)c1ccc(Br)c(O)c1. The van der Waals surface area contributed by atoms with E-state index in [1.54, 1.807) is 24.3 Å². The number of phenols is 1. The first kappa shape index (κ1) is 14.2. The summed E-state index contributed by atoms with van der Waals surface area (Å²) in [6, 6.07) is 9.32. The Hall–Kier alpha value is -1.23. The Labute approximate surface area is 128 Å². The molecule has 0 saturated carbocycles. The largest absolute Gasteiger partial charge is 0.507 e. The fourth-order valence-electron chi connectivity index (χ4n) is 1.44. The van der Waals surface area contributed by atoms with Crippen molar-refractivity contribution in [1.82, 2.24) is 0 Å². The standard InChI is InChI=1S/C13H8BrCl2NO2/c14-9-3-1-7(5-12(9)18)13(19)17-11-4-2-8(15)6-10(11)16/h1-6,18H,(H,17,19). The molecule has 0 aliphatic heterocycles. The molecule has 2 N–H and O–H groups in total. The lowest BCUT2D eigenvalue weighted by Crippen LogP contribution is -2.12. The molecule has 0 bridgehead atoms. The molecular weight excluding hydrogens is 353 g/mol. The zero-order valence-electron chi connectivity index (χ0n) is 9.45. The molecular formula is C13H8BrCl2NO2. The molecule has 0 aliphatic rings. The van der Waals surface area contributed by atoms with Crippen LogP contribution in [-0.2, 0) is 0 Å². The van der Waals surface area contributed by atoms with Gasteiger partial charge in [0.1, 0.15) is 5.75 Å². The second-order valence-corrected chi connectivity index (χ2v) is 5.44. The molecule has 0 aliphatic carbocycles. The van der Waals surface area contributed by atoms with Gasteiger partial charge in [-0.2, -0.15) is 0 Å². The van der Waals surface area contributed by atoms with E-state index < -0.39 is 0 Å². The van der Waals surface area contributed by atoms with Crippen molar-refractivity contribution in [3.05, 3.63) is 56.5 Å². The maximum absolute atomic E-state index is 12.0. The van der Waals surface area contributed by atoms with Crippen molar-refractivity contribution in [2.24, 2.45) is 0 Å². The summed E-state index contributed by atoms with van der Waals surface area (Å²) < 4.78 is 0.522. The molecule has 0 fully saturated rings. The second-order valence-electron chi connectivity index (χ2n) is 3.74. The van der Waals surface area contributed by atoms with Crippen LogP contribution in [0.1, 0.15) is 10.4 Å². The summed E-state index contributed by atoms with van der Waals surface area (Å²) >= 11 is 14.9. The number of benzene rings is 2. The predicted octanol–water partition coefficient (Wildman–Crippen LogP) is 4.71. The van der Waals surface area contributed by atoms with Crippen LogP contribution in [0.2, 0.25) is 10.0 Å². The number of hydrogen-bond acceptors (Lipinski definition) is 2. The van der Waals surface area contributed by atoms with E-state index >= 15 is 0 Å². The number of rotatable bonds is 2. The highest BCUT2D eigenvalue weighted by Gasteiger charge is 2.10. The van der Waals surface area contributed by atoms with Gasteiger partial charge in [-0.05, 0) is 52.3 Å². The Morgan fingerprint density at radius 3 is 2.53 bits per heavy atom. The van der Waals surface area contributed by atoms with E-state index in [-0.39, 0.29) is 11.7 Å². The monoisotopic (exact) mass is 359 g/mol. The predicted molar refractivity (Wildman–Crippen MR) is 80.2 cm³/mol. The fraction of sp³-hybridized carbons (Fsp3) is 0. The molecule has 2 aromatic rings. The van der Waals surface area contributed by atoms with Crippen LogP contribution in [-0.4, -0.2) is 11.0 Å². The fourth-order valence-corrected chi connectivity index (χ4v) is 2.14. The number of halogens is 3. The summed E-state index contributed by atoms with van der Waals surface area (Å²) in [5.41, 5.74) is 0.783. The van der Waals surface area contributed by atoms with E-state index in [1.807, 2.05) is 0 Å². The van der Waals surface area contributed by atoms with Crippen LogP contribution in [0.4, 0.5) is 5.69 Å². The molecule has 6 heteroatoms. The first-order chi connectivity index (χ1) is 8.97. The van der Waals surface area contributed by atoms with E-state index in [0.717, 1.165) is 0 Å². The van der Waals surface area contributed by atoms with Crippen molar-refractivity contribution in [3.8, 4) is 5.75 Å². The Kier molecular flexibility index (Phi) is 4.34. The number of amides is 1. The van der Waals surface area contributed by atoms with E-state index in [9.17, 15) is 9.90 Å². The normalized spacial score (nSPS) is 10.3. The van der Waals surface area contributed by atoms with Crippen molar-refractivity contribution in [1.29, 1.82) is 0 Å². The van der Waals surface area contributed by atoms with E-state index in [2.05, 4.69) is 21.2 Å². The van der Waals surface area contributed by atoms with Gasteiger partial charge in [-0.15, -0.1) is 0 Å². The third-order valence-electron chi connectivity index (χ3n) is 2.39. The lowest BCUT2D eigenvalue weighted by atomic mass is 10.2. The van der Waals surface area contributed by atoms with Crippen molar-refractivity contribution in [2.75, 3.05) is 5.32 Å². The molecule has 0 saturated heterocycles. The first-order valence-corrected chi connectivity index (χ1v) is 6.77. The molecule has 0 atom stereocenters. The van der Waals surface area contributed by atoms with Crippen LogP contribution in [0.5, 0.6) is 5.75 Å². The van der Waals surface area contributed by atoms with Crippen LogP contribution in [0.3, 0.4) is 0 Å². The smallest absolute Gasteiger partial charge is 0.255 e. The van der Waals surface area contributed by atoms with Crippen LogP contribution >= 0.6 is 39.1 Å². The van der Waals surface area contributed by atoms with Crippen LogP contribution in [0.25, 0.3) is 0 Å². The van der Waals surface area contributed by atoms with Gasteiger partial charge in [0.15, 0.2) is 0 Å². The second kappa shape index (κ2) is 5.82. The van der Waals surface area contributed by atoms with Crippen molar-refractivity contribution in [3.63, 3.8) is 0 Å². The van der Waals surface area contributed by atoms with Gasteiger partial charge < -0.3 is 10.4 Å². The number of nitrogens with one attached hydrogen (secondary N) is 1. The summed E-state index contributed by atoms with van der Waals surface area (Å²) in [4.78, 5) is 12.0. The third kappa shape index (κ3) is 3.41. The minimum absolute atomic E-state index is 0.00477. The van der Waals surface area contributed by atoms with Gasteiger partial charge in [0.2, 0.25) is 0 Å². The van der Waals surface area contributed by atoms with Gasteiger partial charge >= 0.3 is 0 Å².